The number of pyridine rings is 1. The fraction of sp³-hybridized carbons (Fsp3) is 0.385. The molecule has 3 aliphatic rings. The molecule has 2 aliphatic heterocycles. The topological polar surface area (TPSA) is 97.8 Å². The Morgan fingerprint density at radius 2 is 2.11 bits per heavy atom. The average Bonchev–Trinajstić information content (AvgIpc) is 3.29. The van der Waals surface area contributed by atoms with Crippen LogP contribution in [0.25, 0.3) is 16.9 Å². The highest BCUT2D eigenvalue weighted by Crippen LogP contribution is 2.43. The predicted molar refractivity (Wildman–Crippen MR) is 130 cm³/mol. The lowest BCUT2D eigenvalue weighted by Crippen LogP contribution is -2.44. The number of carbonyl (C=O) groups excluding carboxylic acids is 1. The van der Waals surface area contributed by atoms with Gasteiger partial charge >= 0.3 is 0 Å². The van der Waals surface area contributed by atoms with Crippen LogP contribution in [-0.4, -0.2) is 58.1 Å². The number of ether oxygens (including phenoxy) is 1. The van der Waals surface area contributed by atoms with Gasteiger partial charge in [-0.15, -0.1) is 0 Å². The largest absolute Gasteiger partial charge is 0.380 e. The quantitative estimate of drug-likeness (QED) is 0.454. The van der Waals surface area contributed by atoms with Crippen LogP contribution in [-0.2, 0) is 4.74 Å². The number of halogens is 1. The van der Waals surface area contributed by atoms with Gasteiger partial charge in [0.25, 0.3) is 5.91 Å². The van der Waals surface area contributed by atoms with Crippen molar-refractivity contribution in [2.45, 2.75) is 31.9 Å². The minimum atomic E-state index is -0.906. The summed E-state index contributed by atoms with van der Waals surface area (Å²) in [7, 11) is 0. The van der Waals surface area contributed by atoms with Gasteiger partial charge in [-0.1, -0.05) is 17.3 Å². The number of aromatic nitrogens is 4. The molecule has 9 nitrogen and oxygen atoms in total. The summed E-state index contributed by atoms with van der Waals surface area (Å²) in [5.41, 5.74) is 4.82. The number of amides is 1. The number of carbonyl (C=O) groups is 1. The van der Waals surface area contributed by atoms with Crippen molar-refractivity contribution < 1.29 is 18.4 Å². The molecule has 3 aromatic heterocycles. The van der Waals surface area contributed by atoms with E-state index in [0.717, 1.165) is 49.5 Å². The number of anilines is 2. The molecule has 1 aliphatic carbocycles. The first-order valence-corrected chi connectivity index (χ1v) is 12.2. The van der Waals surface area contributed by atoms with Gasteiger partial charge in [0.15, 0.2) is 0 Å². The molecule has 36 heavy (non-hydrogen) atoms. The molecule has 1 spiro atoms. The molecule has 3 fully saturated rings. The van der Waals surface area contributed by atoms with Crippen LogP contribution in [0.15, 0.2) is 47.2 Å². The molecule has 184 valence electrons. The monoisotopic (exact) mass is 488 g/mol. The lowest BCUT2D eigenvalue weighted by molar-refractivity contribution is -0.0985. The number of nitrogens with one attached hydrogen (secondary N) is 1. The molecule has 0 bridgehead atoms. The van der Waals surface area contributed by atoms with E-state index >= 15 is 0 Å². The van der Waals surface area contributed by atoms with Gasteiger partial charge in [-0.25, -0.2) is 8.91 Å². The Morgan fingerprint density at radius 3 is 2.86 bits per heavy atom. The molecule has 5 heterocycles. The lowest BCUT2D eigenvalue weighted by atomic mass is 9.85. The summed E-state index contributed by atoms with van der Waals surface area (Å²) in [6.45, 7) is 5.51. The maximum atomic E-state index is 13.4. The van der Waals surface area contributed by atoms with Crippen LogP contribution in [0.3, 0.4) is 0 Å². The van der Waals surface area contributed by atoms with Gasteiger partial charge in [-0.05, 0) is 43.5 Å². The first-order valence-electron chi connectivity index (χ1n) is 12.2. The van der Waals surface area contributed by atoms with Crippen molar-refractivity contribution >= 4 is 22.8 Å². The normalized spacial score (nSPS) is 22.2. The number of rotatable bonds is 5. The molecule has 10 heteroatoms. The van der Waals surface area contributed by atoms with Gasteiger partial charge in [0.1, 0.15) is 6.17 Å². The van der Waals surface area contributed by atoms with Gasteiger partial charge in [0.2, 0.25) is 11.7 Å². The third-order valence-corrected chi connectivity index (χ3v) is 7.59. The van der Waals surface area contributed by atoms with Crippen LogP contribution in [0.2, 0.25) is 0 Å². The summed E-state index contributed by atoms with van der Waals surface area (Å²) >= 11 is 0. The highest BCUT2D eigenvalue weighted by atomic mass is 19.1. The SMILES string of the molecule is Cc1ccc(-c2noc([C@H]3C[C@@H]3F)n2)cc1NC(=O)c1cnn2ccc(N3CCC4(COC4)C3)cc12. The lowest BCUT2D eigenvalue weighted by Gasteiger charge is -2.37. The first-order chi connectivity index (χ1) is 17.5. The van der Waals surface area contributed by atoms with Crippen LogP contribution in [0.4, 0.5) is 15.8 Å². The van der Waals surface area contributed by atoms with E-state index in [2.05, 4.69) is 25.5 Å². The first kappa shape index (κ1) is 21.5. The number of alkyl halides is 1. The second-order valence-corrected chi connectivity index (χ2v) is 10.2. The van der Waals surface area contributed by atoms with Crippen molar-refractivity contribution in [3.05, 3.63) is 59.7 Å². The van der Waals surface area contributed by atoms with E-state index in [1.54, 1.807) is 10.7 Å². The number of fused-ring (bicyclic) bond motifs is 1. The molecular formula is C26H25FN6O3. The molecule has 1 amide bonds. The average molecular weight is 489 g/mol. The number of aryl methyl sites for hydroxylation is 1. The molecule has 1 aromatic carbocycles. The summed E-state index contributed by atoms with van der Waals surface area (Å²) in [4.78, 5) is 20.0. The van der Waals surface area contributed by atoms with Gasteiger partial charge < -0.3 is 19.5 Å². The van der Waals surface area contributed by atoms with Gasteiger partial charge in [-0.3, -0.25) is 4.79 Å². The van der Waals surface area contributed by atoms with Crippen molar-refractivity contribution in [1.82, 2.24) is 19.8 Å². The Kier molecular flexibility index (Phi) is 4.69. The zero-order valence-electron chi connectivity index (χ0n) is 19.8. The fourth-order valence-corrected chi connectivity index (χ4v) is 5.13. The Labute approximate surface area is 206 Å². The van der Waals surface area contributed by atoms with E-state index in [1.165, 1.54) is 0 Å². The van der Waals surface area contributed by atoms with Gasteiger partial charge in [0, 0.05) is 41.6 Å². The van der Waals surface area contributed by atoms with E-state index in [0.29, 0.717) is 35.0 Å². The maximum absolute atomic E-state index is 13.4. The number of nitrogens with zero attached hydrogens (tertiary/aromatic N) is 5. The smallest absolute Gasteiger partial charge is 0.259 e. The number of hydrogen-bond donors (Lipinski definition) is 1. The molecule has 1 N–H and O–H groups in total. The van der Waals surface area contributed by atoms with Crippen LogP contribution < -0.4 is 10.2 Å². The number of hydrogen-bond acceptors (Lipinski definition) is 7. The molecule has 2 atom stereocenters. The van der Waals surface area contributed by atoms with Gasteiger partial charge in [0.05, 0.1) is 36.4 Å². The Hall–Kier alpha value is -3.79. The Morgan fingerprint density at radius 1 is 1.25 bits per heavy atom. The van der Waals surface area contributed by atoms with E-state index in [-0.39, 0.29) is 17.2 Å². The molecule has 4 aromatic rings. The van der Waals surface area contributed by atoms with Crippen molar-refractivity contribution in [3.63, 3.8) is 0 Å². The molecule has 7 rings (SSSR count). The van der Waals surface area contributed by atoms with Crippen LogP contribution in [0.1, 0.15) is 40.6 Å². The molecule has 2 saturated heterocycles. The van der Waals surface area contributed by atoms with Crippen molar-refractivity contribution in [2.24, 2.45) is 5.41 Å². The second kappa shape index (κ2) is 7.86. The highest BCUT2D eigenvalue weighted by Gasteiger charge is 2.45. The summed E-state index contributed by atoms with van der Waals surface area (Å²) < 4.78 is 25.8. The zero-order valence-corrected chi connectivity index (χ0v) is 19.8. The second-order valence-electron chi connectivity index (χ2n) is 10.2. The van der Waals surface area contributed by atoms with E-state index < -0.39 is 6.17 Å². The maximum Gasteiger partial charge on any atom is 0.259 e. The summed E-state index contributed by atoms with van der Waals surface area (Å²) in [5.74, 6) is 0.143. The zero-order chi connectivity index (χ0) is 24.4. The number of benzene rings is 1. The third-order valence-electron chi connectivity index (χ3n) is 7.59. The molecule has 1 saturated carbocycles. The van der Waals surface area contributed by atoms with Crippen LogP contribution in [0, 0.1) is 12.3 Å². The Balaban J connectivity index is 1.14. The molecule has 0 radical (unpaired) electrons. The fourth-order valence-electron chi connectivity index (χ4n) is 5.13. The van der Waals surface area contributed by atoms with Crippen LogP contribution in [0.5, 0.6) is 0 Å². The highest BCUT2D eigenvalue weighted by molar-refractivity contribution is 6.09. The minimum absolute atomic E-state index is 0.250. The third kappa shape index (κ3) is 3.55. The van der Waals surface area contributed by atoms with E-state index in [9.17, 15) is 9.18 Å². The predicted octanol–water partition coefficient (Wildman–Crippen LogP) is 4.00. The van der Waals surface area contributed by atoms with Crippen molar-refractivity contribution in [3.8, 4) is 11.4 Å². The molecule has 0 unspecified atom stereocenters. The summed E-state index contributed by atoms with van der Waals surface area (Å²) in [5, 5.41) is 11.4. The summed E-state index contributed by atoms with van der Waals surface area (Å²) in [6.07, 6.45) is 4.12. The van der Waals surface area contributed by atoms with Gasteiger partial charge in [-0.2, -0.15) is 10.1 Å². The Bertz CT molecular complexity index is 1490. The standard InChI is InChI=1S/C26H25FN6O3/c1-15-2-3-16(23-30-25(36-31-23)18-10-20(18)27)8-21(15)29-24(34)19-11-28-33-6-4-17(9-22(19)33)32-7-5-26(12-32)13-35-14-26/h2-4,6,8-9,11,18,20H,5,7,10,12-14H2,1H3,(H,29,34)/t18-,20-/m0/s1. The molecular weight excluding hydrogens is 463 g/mol. The van der Waals surface area contributed by atoms with Crippen LogP contribution >= 0.6 is 0 Å². The van der Waals surface area contributed by atoms with E-state index in [4.69, 9.17) is 9.26 Å². The summed E-state index contributed by atoms with van der Waals surface area (Å²) in [6, 6.07) is 9.62. The minimum Gasteiger partial charge on any atom is -0.380 e. The van der Waals surface area contributed by atoms with E-state index in [1.807, 2.05) is 43.5 Å². The van der Waals surface area contributed by atoms with Crippen molar-refractivity contribution in [2.75, 3.05) is 36.5 Å². The van der Waals surface area contributed by atoms with Crippen molar-refractivity contribution in [1.29, 1.82) is 0 Å².